The molecule has 0 fully saturated rings. The molecule has 0 saturated heterocycles. The molecule has 0 atom stereocenters. The number of benzene rings is 2. The van der Waals surface area contributed by atoms with Crippen molar-refractivity contribution in [2.45, 2.75) is 20.3 Å². The summed E-state index contributed by atoms with van der Waals surface area (Å²) in [6, 6.07) is 17.1. The minimum Gasteiger partial charge on any atom is -0.422 e. The van der Waals surface area contributed by atoms with E-state index in [1.807, 2.05) is 19.9 Å². The highest BCUT2D eigenvalue weighted by Crippen LogP contribution is 2.22. The van der Waals surface area contributed by atoms with Gasteiger partial charge in [0.2, 0.25) is 11.8 Å². The van der Waals surface area contributed by atoms with Crippen LogP contribution in [-0.2, 0) is 14.3 Å². The Bertz CT molecular complexity index is 1330. The lowest BCUT2D eigenvalue weighted by Crippen LogP contribution is -2.10. The number of hydrogen-bond acceptors (Lipinski definition) is 7. The van der Waals surface area contributed by atoms with E-state index in [4.69, 9.17) is 9.47 Å². The molecule has 0 saturated carbocycles. The van der Waals surface area contributed by atoms with Crippen molar-refractivity contribution < 1.29 is 23.9 Å². The molecule has 7 nitrogen and oxygen atoms in total. The zero-order valence-corrected chi connectivity index (χ0v) is 19.9. The number of cyclic esters (lactones) is 1. The lowest BCUT2D eigenvalue weighted by atomic mass is 10.2. The maximum absolute atomic E-state index is 12.3. The van der Waals surface area contributed by atoms with Crippen LogP contribution < -0.4 is 10.1 Å². The fourth-order valence-corrected chi connectivity index (χ4v) is 3.68. The number of amides is 1. The molecular weight excluding hydrogens is 464 g/mol. The van der Waals surface area contributed by atoms with Crippen LogP contribution in [0.1, 0.15) is 41.1 Å². The van der Waals surface area contributed by atoms with E-state index >= 15 is 0 Å². The second kappa shape index (κ2) is 10.8. The van der Waals surface area contributed by atoms with Crippen molar-refractivity contribution in [2.75, 3.05) is 5.32 Å². The maximum atomic E-state index is 12.3. The minimum absolute atomic E-state index is 0.110. The molecule has 0 radical (unpaired) electrons. The number of carbonyl (C=O) groups excluding carboxylic acids is 3. The van der Waals surface area contributed by atoms with Gasteiger partial charge in [-0.25, -0.2) is 14.6 Å². The number of nitrogens with one attached hydrogen (secondary N) is 1. The molecule has 1 aliphatic rings. The largest absolute Gasteiger partial charge is 0.422 e. The van der Waals surface area contributed by atoms with Crippen LogP contribution in [0.2, 0.25) is 0 Å². The van der Waals surface area contributed by atoms with Crippen molar-refractivity contribution >= 4 is 46.8 Å². The molecule has 1 aromatic heterocycles. The normalized spacial score (nSPS) is 13.7. The quantitative estimate of drug-likeness (QED) is 0.203. The van der Waals surface area contributed by atoms with Gasteiger partial charge >= 0.3 is 11.9 Å². The molecule has 2 aromatic carbocycles. The van der Waals surface area contributed by atoms with Crippen molar-refractivity contribution in [1.82, 2.24) is 0 Å². The summed E-state index contributed by atoms with van der Waals surface area (Å²) in [5.74, 6) is -0.506. The van der Waals surface area contributed by atoms with Gasteiger partial charge in [-0.05, 0) is 73.3 Å². The molecule has 4 rings (SSSR count). The van der Waals surface area contributed by atoms with E-state index in [0.717, 1.165) is 5.57 Å². The number of allylic oxidation sites excluding steroid dienone is 1. The summed E-state index contributed by atoms with van der Waals surface area (Å²) in [4.78, 5) is 41.2. The summed E-state index contributed by atoms with van der Waals surface area (Å²) in [5.41, 5.74) is 3.19. The van der Waals surface area contributed by atoms with Crippen LogP contribution in [0.3, 0.4) is 0 Å². The zero-order valence-electron chi connectivity index (χ0n) is 19.1. The van der Waals surface area contributed by atoms with Gasteiger partial charge in [0.25, 0.3) is 0 Å². The first-order valence-electron chi connectivity index (χ1n) is 10.8. The van der Waals surface area contributed by atoms with E-state index in [1.165, 1.54) is 11.3 Å². The Balaban J connectivity index is 1.41. The number of ether oxygens (including phenoxy) is 2. The van der Waals surface area contributed by atoms with Gasteiger partial charge in [-0.2, -0.15) is 0 Å². The Kier molecular flexibility index (Phi) is 7.32. The Labute approximate surface area is 206 Å². The summed E-state index contributed by atoms with van der Waals surface area (Å²) in [5, 5.41) is 4.62. The predicted octanol–water partition coefficient (Wildman–Crippen LogP) is 5.61. The summed E-state index contributed by atoms with van der Waals surface area (Å²) in [6.07, 6.45) is 3.76. The highest BCUT2D eigenvalue weighted by Gasteiger charge is 2.24. The molecule has 8 heteroatoms. The minimum atomic E-state index is -0.563. The third kappa shape index (κ3) is 6.39. The standard InChI is InChI=1S/C27H22N2O5S/c1-17(2)5-14-24(30)28-20-10-8-19(9-11-20)25-29-22(26(31)34-25)16-18-6-12-21(13-7-18)33-27(32)23-4-3-15-35-23/h3-13,15-16H,14H2,1-2H3,(H,28,30)/b22-16+. The third-order valence-corrected chi connectivity index (χ3v) is 5.70. The SMILES string of the molecule is CC(C)=CCC(=O)Nc1ccc(C2=N/C(=C/c3ccc(OC(=O)c4cccs4)cc3)C(=O)O2)cc1. The first-order valence-corrected chi connectivity index (χ1v) is 11.7. The van der Waals surface area contributed by atoms with Gasteiger partial charge in [-0.15, -0.1) is 11.3 Å². The summed E-state index contributed by atoms with van der Waals surface area (Å²) in [7, 11) is 0. The van der Waals surface area contributed by atoms with E-state index in [-0.39, 0.29) is 17.5 Å². The van der Waals surface area contributed by atoms with E-state index in [0.29, 0.717) is 33.9 Å². The molecule has 35 heavy (non-hydrogen) atoms. The van der Waals surface area contributed by atoms with E-state index in [9.17, 15) is 14.4 Å². The molecule has 0 bridgehead atoms. The number of aliphatic imine (C=N–C) groups is 1. The van der Waals surface area contributed by atoms with Crippen molar-refractivity contribution in [1.29, 1.82) is 0 Å². The van der Waals surface area contributed by atoms with Gasteiger partial charge < -0.3 is 14.8 Å². The van der Waals surface area contributed by atoms with Gasteiger partial charge in [0.1, 0.15) is 10.6 Å². The number of esters is 2. The smallest absolute Gasteiger partial charge is 0.363 e. The fourth-order valence-electron chi connectivity index (χ4n) is 3.08. The fraction of sp³-hybridized carbons (Fsp3) is 0.111. The van der Waals surface area contributed by atoms with Crippen molar-refractivity contribution in [3.05, 3.63) is 99.4 Å². The van der Waals surface area contributed by atoms with Crippen molar-refractivity contribution in [2.24, 2.45) is 4.99 Å². The number of carbonyl (C=O) groups is 3. The second-order valence-electron chi connectivity index (χ2n) is 7.88. The Morgan fingerprint density at radius 2 is 1.80 bits per heavy atom. The number of anilines is 1. The van der Waals surface area contributed by atoms with Gasteiger partial charge in [-0.1, -0.05) is 29.8 Å². The van der Waals surface area contributed by atoms with Crippen LogP contribution in [0, 0.1) is 0 Å². The average Bonchev–Trinajstić information content (AvgIpc) is 3.50. The highest BCUT2D eigenvalue weighted by atomic mass is 32.1. The molecule has 176 valence electrons. The van der Waals surface area contributed by atoms with E-state index in [1.54, 1.807) is 72.1 Å². The van der Waals surface area contributed by atoms with Crippen molar-refractivity contribution in [3.8, 4) is 5.75 Å². The van der Waals surface area contributed by atoms with Crippen LogP contribution >= 0.6 is 11.3 Å². The summed E-state index contributed by atoms with van der Waals surface area (Å²) >= 11 is 1.31. The Morgan fingerprint density at radius 3 is 2.46 bits per heavy atom. The van der Waals surface area contributed by atoms with Crippen molar-refractivity contribution in [3.63, 3.8) is 0 Å². The molecule has 1 aliphatic heterocycles. The second-order valence-corrected chi connectivity index (χ2v) is 8.83. The van der Waals surface area contributed by atoms with Crippen LogP contribution in [0.25, 0.3) is 6.08 Å². The summed E-state index contributed by atoms with van der Waals surface area (Å²) < 4.78 is 10.7. The topological polar surface area (TPSA) is 94.1 Å². The Hall–Kier alpha value is -4.30. The molecule has 0 aliphatic carbocycles. The average molecular weight is 487 g/mol. The third-order valence-electron chi connectivity index (χ3n) is 4.85. The van der Waals surface area contributed by atoms with Gasteiger partial charge in [0.15, 0.2) is 5.70 Å². The number of hydrogen-bond donors (Lipinski definition) is 1. The van der Waals surface area contributed by atoms with Crippen LogP contribution in [-0.4, -0.2) is 23.7 Å². The van der Waals surface area contributed by atoms with Gasteiger partial charge in [-0.3, -0.25) is 4.79 Å². The molecule has 0 unspecified atom stereocenters. The zero-order chi connectivity index (χ0) is 24.8. The van der Waals surface area contributed by atoms with Crippen LogP contribution in [0.4, 0.5) is 5.69 Å². The first kappa shape index (κ1) is 23.8. The monoisotopic (exact) mass is 486 g/mol. The summed E-state index contributed by atoms with van der Waals surface area (Å²) in [6.45, 7) is 3.88. The lowest BCUT2D eigenvalue weighted by Gasteiger charge is -2.05. The number of rotatable bonds is 7. The predicted molar refractivity (Wildman–Crippen MR) is 135 cm³/mol. The number of thiophene rings is 1. The molecule has 1 amide bonds. The van der Waals surface area contributed by atoms with E-state index in [2.05, 4.69) is 10.3 Å². The molecule has 1 N–H and O–H groups in total. The van der Waals surface area contributed by atoms with Gasteiger partial charge in [0, 0.05) is 17.7 Å². The van der Waals surface area contributed by atoms with Crippen LogP contribution in [0.15, 0.2) is 88.4 Å². The maximum Gasteiger partial charge on any atom is 0.363 e. The Morgan fingerprint density at radius 1 is 1.06 bits per heavy atom. The first-order chi connectivity index (χ1) is 16.9. The molecule has 0 spiro atoms. The van der Waals surface area contributed by atoms with Gasteiger partial charge in [0.05, 0.1) is 0 Å². The molecule has 2 heterocycles. The highest BCUT2D eigenvalue weighted by molar-refractivity contribution is 7.12. The van der Waals surface area contributed by atoms with Crippen LogP contribution in [0.5, 0.6) is 5.75 Å². The molecular formula is C27H22N2O5S. The number of nitrogens with zero attached hydrogens (tertiary/aromatic N) is 1. The van der Waals surface area contributed by atoms with E-state index < -0.39 is 11.9 Å². The molecule has 3 aromatic rings. The lowest BCUT2D eigenvalue weighted by molar-refractivity contribution is -0.130.